The number of hydrogen-bond acceptors (Lipinski definition) is 6. The Balaban J connectivity index is 1.99. The minimum absolute atomic E-state index is 0.0462. The van der Waals surface area contributed by atoms with Crippen LogP contribution in [0.15, 0.2) is 54.9 Å². The first-order chi connectivity index (χ1) is 12.0. The van der Waals surface area contributed by atoms with E-state index in [-0.39, 0.29) is 11.7 Å². The normalized spacial score (nSPS) is 10.3. The lowest BCUT2D eigenvalue weighted by Crippen LogP contribution is -2.03. The van der Waals surface area contributed by atoms with Crippen LogP contribution in [-0.2, 0) is 0 Å². The number of rotatable bonds is 5. The van der Waals surface area contributed by atoms with Gasteiger partial charge < -0.3 is 10.1 Å². The van der Waals surface area contributed by atoms with Crippen LogP contribution in [-0.4, -0.2) is 14.9 Å². The van der Waals surface area contributed by atoms with Gasteiger partial charge in [-0.25, -0.2) is 4.98 Å². The molecule has 0 radical (unpaired) electrons. The predicted octanol–water partition coefficient (Wildman–Crippen LogP) is 5.23. The molecule has 0 atom stereocenters. The van der Waals surface area contributed by atoms with E-state index in [2.05, 4.69) is 15.3 Å². The van der Waals surface area contributed by atoms with Gasteiger partial charge in [0.1, 0.15) is 12.1 Å². The van der Waals surface area contributed by atoms with Gasteiger partial charge >= 0.3 is 11.6 Å². The summed E-state index contributed by atoms with van der Waals surface area (Å²) in [4.78, 5) is 18.7. The van der Waals surface area contributed by atoms with Gasteiger partial charge in [0.05, 0.1) is 15.6 Å². The summed E-state index contributed by atoms with van der Waals surface area (Å²) in [6.45, 7) is 0. The number of nitro groups is 1. The fourth-order valence-electron chi connectivity index (χ4n) is 2.01. The molecule has 0 unspecified atom stereocenters. The van der Waals surface area contributed by atoms with Crippen molar-refractivity contribution in [3.8, 4) is 11.6 Å². The Morgan fingerprint density at radius 1 is 1.08 bits per heavy atom. The SMILES string of the molecule is O=[N+]([O-])c1c(Nc2ccc(Cl)cc2Cl)ncnc1Oc1ccccc1. The van der Waals surface area contributed by atoms with Crippen molar-refractivity contribution >= 4 is 40.4 Å². The molecule has 25 heavy (non-hydrogen) atoms. The first-order valence-corrected chi connectivity index (χ1v) is 7.74. The number of ether oxygens (including phenoxy) is 1. The van der Waals surface area contributed by atoms with Gasteiger partial charge in [0, 0.05) is 5.02 Å². The average molecular weight is 377 g/mol. The maximum absolute atomic E-state index is 11.5. The zero-order chi connectivity index (χ0) is 17.8. The quantitative estimate of drug-likeness (QED) is 0.484. The van der Waals surface area contributed by atoms with Gasteiger partial charge in [-0.2, -0.15) is 4.98 Å². The van der Waals surface area contributed by atoms with Crippen LogP contribution >= 0.6 is 23.2 Å². The molecule has 1 N–H and O–H groups in total. The number of para-hydroxylation sites is 1. The van der Waals surface area contributed by atoms with Crippen molar-refractivity contribution < 1.29 is 9.66 Å². The number of aromatic nitrogens is 2. The maximum Gasteiger partial charge on any atom is 0.373 e. The van der Waals surface area contributed by atoms with Crippen LogP contribution in [0.2, 0.25) is 10.0 Å². The van der Waals surface area contributed by atoms with Crippen molar-refractivity contribution in [2.45, 2.75) is 0 Å². The van der Waals surface area contributed by atoms with Gasteiger partial charge in [0.2, 0.25) is 5.82 Å². The van der Waals surface area contributed by atoms with Crippen molar-refractivity contribution in [1.29, 1.82) is 0 Å². The molecule has 0 aliphatic rings. The Bertz CT molecular complexity index is 923. The molecule has 126 valence electrons. The monoisotopic (exact) mass is 376 g/mol. The molecule has 1 aromatic heterocycles. The lowest BCUT2D eigenvalue weighted by atomic mass is 10.3. The summed E-state index contributed by atoms with van der Waals surface area (Å²) in [7, 11) is 0. The van der Waals surface area contributed by atoms with Gasteiger partial charge in [-0.05, 0) is 30.3 Å². The molecule has 0 saturated heterocycles. The van der Waals surface area contributed by atoms with Crippen molar-refractivity contribution in [2.75, 3.05) is 5.32 Å². The third-order valence-corrected chi connectivity index (χ3v) is 3.66. The predicted molar refractivity (Wildman–Crippen MR) is 94.9 cm³/mol. The van der Waals surface area contributed by atoms with Crippen LogP contribution in [0.3, 0.4) is 0 Å². The molecule has 3 rings (SSSR count). The third kappa shape index (κ3) is 3.96. The number of halogens is 2. The van der Waals surface area contributed by atoms with E-state index in [1.807, 2.05) is 0 Å². The Morgan fingerprint density at radius 3 is 2.52 bits per heavy atom. The smallest absolute Gasteiger partial charge is 0.373 e. The molecule has 9 heteroatoms. The summed E-state index contributed by atoms with van der Waals surface area (Å²) >= 11 is 11.9. The summed E-state index contributed by atoms with van der Waals surface area (Å²) in [5.74, 6) is 0.189. The minimum Gasteiger partial charge on any atom is -0.434 e. The second-order valence-corrected chi connectivity index (χ2v) is 5.64. The fraction of sp³-hybridized carbons (Fsp3) is 0. The van der Waals surface area contributed by atoms with E-state index >= 15 is 0 Å². The molecule has 0 aliphatic heterocycles. The highest BCUT2D eigenvalue weighted by atomic mass is 35.5. The zero-order valence-corrected chi connectivity index (χ0v) is 14.0. The highest BCUT2D eigenvalue weighted by Crippen LogP contribution is 2.37. The Hall–Kier alpha value is -2.90. The topological polar surface area (TPSA) is 90.2 Å². The molecule has 7 nitrogen and oxygen atoms in total. The van der Waals surface area contributed by atoms with Gasteiger partial charge in [-0.1, -0.05) is 41.4 Å². The van der Waals surface area contributed by atoms with Gasteiger partial charge in [0.25, 0.3) is 0 Å². The number of benzene rings is 2. The molecule has 1 heterocycles. The third-order valence-electron chi connectivity index (χ3n) is 3.11. The number of nitrogens with one attached hydrogen (secondary N) is 1. The van der Waals surface area contributed by atoms with Crippen LogP contribution in [0.1, 0.15) is 0 Å². The van der Waals surface area contributed by atoms with E-state index in [9.17, 15) is 10.1 Å². The molecule has 3 aromatic rings. The van der Waals surface area contributed by atoms with Crippen LogP contribution in [0.4, 0.5) is 17.2 Å². The summed E-state index contributed by atoms with van der Waals surface area (Å²) in [6.07, 6.45) is 1.16. The number of nitrogens with zero attached hydrogens (tertiary/aromatic N) is 3. The summed E-state index contributed by atoms with van der Waals surface area (Å²) in [6, 6.07) is 13.3. The Morgan fingerprint density at radius 2 is 1.84 bits per heavy atom. The Kier molecular flexibility index (Phi) is 4.97. The van der Waals surface area contributed by atoms with Crippen molar-refractivity contribution in [3.63, 3.8) is 0 Å². The first kappa shape index (κ1) is 16.9. The van der Waals surface area contributed by atoms with E-state index < -0.39 is 10.6 Å². The standard InChI is InChI=1S/C16H10Cl2N4O3/c17-10-6-7-13(12(18)8-10)21-15-14(22(23)24)16(20-9-19-15)25-11-4-2-1-3-5-11/h1-9H,(H,19,20,21). The zero-order valence-electron chi connectivity index (χ0n) is 12.5. The molecule has 0 saturated carbocycles. The van der Waals surface area contributed by atoms with E-state index in [4.69, 9.17) is 27.9 Å². The van der Waals surface area contributed by atoms with E-state index in [1.54, 1.807) is 42.5 Å². The molecule has 2 aromatic carbocycles. The Labute approximate surface area is 152 Å². The molecule has 0 amide bonds. The van der Waals surface area contributed by atoms with Crippen molar-refractivity contribution in [2.24, 2.45) is 0 Å². The molecule has 0 spiro atoms. The fourth-order valence-corrected chi connectivity index (χ4v) is 2.47. The van der Waals surface area contributed by atoms with E-state index in [1.165, 1.54) is 6.07 Å². The average Bonchev–Trinajstić information content (AvgIpc) is 2.58. The van der Waals surface area contributed by atoms with Gasteiger partial charge in [-0.15, -0.1) is 0 Å². The van der Waals surface area contributed by atoms with Gasteiger partial charge in [0.15, 0.2) is 0 Å². The second kappa shape index (κ2) is 7.33. The summed E-state index contributed by atoms with van der Waals surface area (Å²) < 4.78 is 5.51. The van der Waals surface area contributed by atoms with Crippen molar-refractivity contribution in [3.05, 3.63) is 75.0 Å². The van der Waals surface area contributed by atoms with Crippen LogP contribution < -0.4 is 10.1 Å². The molecule has 0 bridgehead atoms. The number of hydrogen-bond donors (Lipinski definition) is 1. The second-order valence-electron chi connectivity index (χ2n) is 4.80. The highest BCUT2D eigenvalue weighted by Gasteiger charge is 2.25. The van der Waals surface area contributed by atoms with E-state index in [0.29, 0.717) is 21.5 Å². The lowest BCUT2D eigenvalue weighted by Gasteiger charge is -2.10. The molecule has 0 aliphatic carbocycles. The van der Waals surface area contributed by atoms with Crippen molar-refractivity contribution in [1.82, 2.24) is 9.97 Å². The molecular weight excluding hydrogens is 367 g/mol. The summed E-state index contributed by atoms with van der Waals surface area (Å²) in [5, 5.41) is 15.1. The molecular formula is C16H10Cl2N4O3. The highest BCUT2D eigenvalue weighted by molar-refractivity contribution is 6.36. The minimum atomic E-state index is -0.621. The van der Waals surface area contributed by atoms with E-state index in [0.717, 1.165) is 6.33 Å². The maximum atomic E-state index is 11.5. The largest absolute Gasteiger partial charge is 0.434 e. The van der Waals surface area contributed by atoms with Crippen LogP contribution in [0.25, 0.3) is 0 Å². The van der Waals surface area contributed by atoms with Gasteiger partial charge in [-0.3, -0.25) is 10.1 Å². The molecule has 0 fully saturated rings. The number of anilines is 2. The first-order valence-electron chi connectivity index (χ1n) is 6.99. The van der Waals surface area contributed by atoms with Crippen LogP contribution in [0.5, 0.6) is 11.6 Å². The van der Waals surface area contributed by atoms with Crippen LogP contribution in [0, 0.1) is 10.1 Å². The summed E-state index contributed by atoms with van der Waals surface area (Å²) in [5.41, 5.74) is 0.0101. The lowest BCUT2D eigenvalue weighted by molar-refractivity contribution is -0.385.